The fraction of sp³-hybridized carbons (Fsp3) is 0.0370. The van der Waals surface area contributed by atoms with Gasteiger partial charge in [-0.05, 0) is 153 Å². The van der Waals surface area contributed by atoms with Crippen molar-refractivity contribution in [2.24, 2.45) is 0 Å². The second-order valence-electron chi connectivity index (χ2n) is 14.8. The van der Waals surface area contributed by atoms with E-state index in [4.69, 9.17) is 0 Å². The summed E-state index contributed by atoms with van der Waals surface area (Å²) >= 11 is 0. The van der Waals surface area contributed by atoms with Crippen LogP contribution in [-0.2, 0) is 6.42 Å². The van der Waals surface area contributed by atoms with Gasteiger partial charge in [0.1, 0.15) is 0 Å². The molecule has 0 saturated carbocycles. The molecule has 0 aliphatic heterocycles. The molecule has 0 heterocycles. The average Bonchev–Trinajstić information content (AvgIpc) is 3.25. The largest absolute Gasteiger partial charge is 0.0836 e. The van der Waals surface area contributed by atoms with E-state index >= 15 is 0 Å². The Bertz CT molecular complexity index is 3140. The van der Waals surface area contributed by atoms with Crippen molar-refractivity contribution in [3.8, 4) is 44.5 Å². The molecule has 0 radical (unpaired) electrons. The van der Waals surface area contributed by atoms with Gasteiger partial charge in [-0.15, -0.1) is 0 Å². The summed E-state index contributed by atoms with van der Waals surface area (Å²) in [5.41, 5.74) is 12.8. The SMILES string of the molecule is C1=Cc2ccc(-c3ccc4c(c3)c(-c3ccc(-c5cc6ccccc6c6ccc(-c7ccc8ccccc8c7)cc56)cc3)cc3ccccc34)cc2CC1. The first kappa shape index (κ1) is 30.8. The Morgan fingerprint density at radius 1 is 0.296 bits per heavy atom. The van der Waals surface area contributed by atoms with Crippen LogP contribution in [0.25, 0.3) is 104 Å². The van der Waals surface area contributed by atoms with Gasteiger partial charge in [-0.25, -0.2) is 0 Å². The van der Waals surface area contributed by atoms with Crippen LogP contribution in [0.15, 0.2) is 188 Å². The lowest BCUT2D eigenvalue weighted by Crippen LogP contribution is -1.94. The molecule has 0 unspecified atom stereocenters. The van der Waals surface area contributed by atoms with Gasteiger partial charge in [-0.1, -0.05) is 164 Å². The summed E-state index contributed by atoms with van der Waals surface area (Å²) < 4.78 is 0. The third-order valence-corrected chi connectivity index (χ3v) is 11.7. The van der Waals surface area contributed by atoms with E-state index in [0.29, 0.717) is 0 Å². The van der Waals surface area contributed by atoms with Crippen molar-refractivity contribution in [1.29, 1.82) is 0 Å². The van der Waals surface area contributed by atoms with Gasteiger partial charge < -0.3 is 0 Å². The van der Waals surface area contributed by atoms with Gasteiger partial charge in [0.2, 0.25) is 0 Å². The van der Waals surface area contributed by atoms with Crippen LogP contribution in [-0.4, -0.2) is 0 Å². The average molecular weight is 685 g/mol. The Labute approximate surface area is 315 Å². The molecule has 1 aliphatic carbocycles. The molecule has 54 heavy (non-hydrogen) atoms. The number of allylic oxidation sites excluding steroid dienone is 1. The minimum atomic E-state index is 1.10. The Hall–Kier alpha value is -6.76. The Morgan fingerprint density at radius 2 is 0.778 bits per heavy atom. The minimum absolute atomic E-state index is 1.10. The minimum Gasteiger partial charge on any atom is -0.0836 e. The molecule has 0 amide bonds. The Morgan fingerprint density at radius 3 is 1.41 bits per heavy atom. The molecule has 0 spiro atoms. The van der Waals surface area contributed by atoms with Gasteiger partial charge in [0.05, 0.1) is 0 Å². The molecule has 11 rings (SSSR count). The van der Waals surface area contributed by atoms with Crippen LogP contribution in [0.5, 0.6) is 0 Å². The standard InChI is InChI=1S/C54H36/c1-3-11-39-29-41(23-17-35(39)9-1)43-25-27-49-47-15-7-5-13-45(47)33-51(53(49)31-43)37-19-21-38(22-20-37)52-34-46-14-6-8-16-48(46)50-28-26-44(32-54(50)52)42-24-18-36-10-2-4-12-40(36)30-42/h1-3,5-11,13-34H,4,12H2. The van der Waals surface area contributed by atoms with Crippen molar-refractivity contribution in [3.63, 3.8) is 0 Å². The monoisotopic (exact) mass is 684 g/mol. The molecule has 0 N–H and O–H groups in total. The van der Waals surface area contributed by atoms with Crippen molar-refractivity contribution >= 4 is 59.9 Å². The predicted octanol–water partition coefficient (Wildman–Crippen LogP) is 15.1. The number of fused-ring (bicyclic) bond motifs is 8. The first-order chi connectivity index (χ1) is 26.7. The van der Waals surface area contributed by atoms with Crippen LogP contribution >= 0.6 is 0 Å². The van der Waals surface area contributed by atoms with Crippen molar-refractivity contribution < 1.29 is 0 Å². The third kappa shape index (κ3) is 5.14. The zero-order valence-corrected chi connectivity index (χ0v) is 29.9. The van der Waals surface area contributed by atoms with Crippen LogP contribution in [0.2, 0.25) is 0 Å². The molecule has 252 valence electrons. The number of hydrogen-bond acceptors (Lipinski definition) is 0. The van der Waals surface area contributed by atoms with E-state index in [0.717, 1.165) is 12.8 Å². The molecule has 0 heteroatoms. The Kier molecular flexibility index (Phi) is 7.10. The van der Waals surface area contributed by atoms with Crippen LogP contribution in [0, 0.1) is 0 Å². The van der Waals surface area contributed by atoms with E-state index in [2.05, 4.69) is 194 Å². The lowest BCUT2D eigenvalue weighted by atomic mass is 9.88. The van der Waals surface area contributed by atoms with Gasteiger partial charge in [0.15, 0.2) is 0 Å². The first-order valence-corrected chi connectivity index (χ1v) is 19.0. The Balaban J connectivity index is 1.06. The van der Waals surface area contributed by atoms with Gasteiger partial charge in [-0.3, -0.25) is 0 Å². The van der Waals surface area contributed by atoms with E-state index in [1.807, 2.05) is 0 Å². The maximum atomic E-state index is 2.41. The second kappa shape index (κ2) is 12.4. The highest BCUT2D eigenvalue weighted by molar-refractivity contribution is 6.16. The lowest BCUT2D eigenvalue weighted by molar-refractivity contribution is 0.986. The molecule has 0 bridgehead atoms. The normalized spacial score (nSPS) is 12.6. The van der Waals surface area contributed by atoms with E-state index in [1.54, 1.807) is 0 Å². The highest BCUT2D eigenvalue weighted by atomic mass is 14.2. The first-order valence-electron chi connectivity index (χ1n) is 19.0. The lowest BCUT2D eigenvalue weighted by Gasteiger charge is -2.16. The van der Waals surface area contributed by atoms with Crippen molar-refractivity contribution in [2.75, 3.05) is 0 Å². The second-order valence-corrected chi connectivity index (χ2v) is 14.8. The number of aryl methyl sites for hydroxylation is 1. The smallest absolute Gasteiger partial charge is 0.00928 e. The van der Waals surface area contributed by atoms with Crippen LogP contribution in [0.1, 0.15) is 17.5 Å². The van der Waals surface area contributed by atoms with Gasteiger partial charge >= 0.3 is 0 Å². The van der Waals surface area contributed by atoms with E-state index < -0.39 is 0 Å². The molecule has 0 saturated heterocycles. The molecule has 0 atom stereocenters. The van der Waals surface area contributed by atoms with Crippen molar-refractivity contribution in [2.45, 2.75) is 12.8 Å². The molecule has 0 aromatic heterocycles. The predicted molar refractivity (Wildman–Crippen MR) is 233 cm³/mol. The summed E-state index contributed by atoms with van der Waals surface area (Å²) in [5, 5.41) is 12.8. The number of benzene rings is 10. The molecular formula is C54H36. The summed E-state index contributed by atoms with van der Waals surface area (Å²) in [6.07, 6.45) is 6.77. The fourth-order valence-corrected chi connectivity index (χ4v) is 8.86. The van der Waals surface area contributed by atoms with Crippen LogP contribution in [0.3, 0.4) is 0 Å². The number of hydrogen-bond donors (Lipinski definition) is 0. The molecule has 0 nitrogen and oxygen atoms in total. The molecule has 10 aromatic rings. The number of rotatable bonds is 4. The van der Waals surface area contributed by atoms with Gasteiger partial charge in [-0.2, -0.15) is 0 Å². The van der Waals surface area contributed by atoms with E-state index in [9.17, 15) is 0 Å². The van der Waals surface area contributed by atoms with Gasteiger partial charge in [0, 0.05) is 0 Å². The topological polar surface area (TPSA) is 0 Å². The maximum Gasteiger partial charge on any atom is -0.00928 e. The van der Waals surface area contributed by atoms with E-state index in [-0.39, 0.29) is 0 Å². The highest BCUT2D eigenvalue weighted by Gasteiger charge is 2.15. The quantitative estimate of drug-likeness (QED) is 0.162. The zero-order chi connectivity index (χ0) is 35.6. The fourth-order valence-electron chi connectivity index (χ4n) is 8.86. The third-order valence-electron chi connectivity index (χ3n) is 11.7. The van der Waals surface area contributed by atoms with Crippen molar-refractivity contribution in [3.05, 3.63) is 199 Å². The summed E-state index contributed by atoms with van der Waals surface area (Å²) in [6.45, 7) is 0. The summed E-state index contributed by atoms with van der Waals surface area (Å²) in [7, 11) is 0. The van der Waals surface area contributed by atoms with E-state index in [1.165, 1.54) is 109 Å². The summed E-state index contributed by atoms with van der Waals surface area (Å²) in [4.78, 5) is 0. The highest BCUT2D eigenvalue weighted by Crippen LogP contribution is 2.41. The van der Waals surface area contributed by atoms with Crippen LogP contribution in [0.4, 0.5) is 0 Å². The summed E-state index contributed by atoms with van der Waals surface area (Å²) in [5.74, 6) is 0. The maximum absolute atomic E-state index is 2.41. The molecule has 0 fully saturated rings. The molecule has 1 aliphatic rings. The van der Waals surface area contributed by atoms with Crippen molar-refractivity contribution in [1.82, 2.24) is 0 Å². The van der Waals surface area contributed by atoms with Gasteiger partial charge in [0.25, 0.3) is 0 Å². The summed E-state index contributed by atoms with van der Waals surface area (Å²) in [6, 6.07) is 68.0. The zero-order valence-electron chi connectivity index (χ0n) is 29.9. The molecular weight excluding hydrogens is 649 g/mol. The van der Waals surface area contributed by atoms with Crippen LogP contribution < -0.4 is 0 Å². The molecule has 10 aromatic carbocycles.